The van der Waals surface area contributed by atoms with Gasteiger partial charge in [-0.25, -0.2) is 0 Å². The first kappa shape index (κ1) is 17.5. The van der Waals surface area contributed by atoms with Crippen LogP contribution in [0.3, 0.4) is 0 Å². The van der Waals surface area contributed by atoms with Crippen molar-refractivity contribution in [2.24, 2.45) is 0 Å². The summed E-state index contributed by atoms with van der Waals surface area (Å²) in [6.07, 6.45) is 4.03. The van der Waals surface area contributed by atoms with E-state index in [2.05, 4.69) is 33.5 Å². The minimum Gasteiger partial charge on any atom is -0.385 e. The van der Waals surface area contributed by atoms with Crippen molar-refractivity contribution in [2.45, 2.75) is 32.6 Å². The summed E-state index contributed by atoms with van der Waals surface area (Å²) in [5.41, 5.74) is 2.90. The van der Waals surface area contributed by atoms with Crippen LogP contribution in [0.4, 0.5) is 11.4 Å². The Morgan fingerprint density at radius 2 is 1.78 bits per heavy atom. The standard InChI is InChI=1S/C19H23BrN2O/c1-2-3-4-12-21-17-8-10-18(11-9-17)22-19(23)14-15-6-5-7-16(20)13-15/h5-11,13,21H,2-4,12,14H2,1H3,(H,22,23). The van der Waals surface area contributed by atoms with Gasteiger partial charge in [0.15, 0.2) is 0 Å². The molecule has 2 aromatic carbocycles. The molecule has 0 saturated heterocycles. The van der Waals surface area contributed by atoms with Gasteiger partial charge in [0.05, 0.1) is 6.42 Å². The maximum absolute atomic E-state index is 12.1. The lowest BCUT2D eigenvalue weighted by atomic mass is 10.1. The number of hydrogen-bond donors (Lipinski definition) is 2. The Kier molecular flexibility index (Phi) is 7.14. The first-order chi connectivity index (χ1) is 11.2. The average molecular weight is 375 g/mol. The van der Waals surface area contributed by atoms with Crippen molar-refractivity contribution in [2.75, 3.05) is 17.2 Å². The Hall–Kier alpha value is -1.81. The van der Waals surface area contributed by atoms with Crippen LogP contribution in [0.25, 0.3) is 0 Å². The number of hydrogen-bond acceptors (Lipinski definition) is 2. The summed E-state index contributed by atoms with van der Waals surface area (Å²) in [5, 5.41) is 6.32. The molecule has 3 nitrogen and oxygen atoms in total. The van der Waals surface area contributed by atoms with Gasteiger partial charge in [0.1, 0.15) is 0 Å². The van der Waals surface area contributed by atoms with Gasteiger partial charge in [-0.3, -0.25) is 4.79 Å². The molecule has 0 heterocycles. The van der Waals surface area contributed by atoms with E-state index in [0.717, 1.165) is 28.0 Å². The third kappa shape index (κ3) is 6.45. The van der Waals surface area contributed by atoms with Crippen LogP contribution in [-0.2, 0) is 11.2 Å². The van der Waals surface area contributed by atoms with Crippen LogP contribution in [0.1, 0.15) is 31.7 Å². The topological polar surface area (TPSA) is 41.1 Å². The fraction of sp³-hybridized carbons (Fsp3) is 0.316. The number of anilines is 2. The van der Waals surface area contributed by atoms with Gasteiger partial charge in [-0.1, -0.05) is 47.8 Å². The summed E-state index contributed by atoms with van der Waals surface area (Å²) in [6, 6.07) is 15.7. The lowest BCUT2D eigenvalue weighted by molar-refractivity contribution is -0.115. The van der Waals surface area contributed by atoms with Gasteiger partial charge >= 0.3 is 0 Å². The molecule has 2 aromatic rings. The Morgan fingerprint density at radius 3 is 2.48 bits per heavy atom. The second kappa shape index (κ2) is 9.36. The Bertz CT molecular complexity index is 626. The Labute approximate surface area is 146 Å². The lowest BCUT2D eigenvalue weighted by Crippen LogP contribution is -2.14. The highest BCUT2D eigenvalue weighted by molar-refractivity contribution is 9.10. The van der Waals surface area contributed by atoms with Crippen molar-refractivity contribution < 1.29 is 4.79 Å². The molecular formula is C19H23BrN2O. The van der Waals surface area contributed by atoms with Crippen molar-refractivity contribution in [3.8, 4) is 0 Å². The van der Waals surface area contributed by atoms with E-state index >= 15 is 0 Å². The average Bonchev–Trinajstić information content (AvgIpc) is 2.53. The van der Waals surface area contributed by atoms with Crippen LogP contribution >= 0.6 is 15.9 Å². The molecule has 0 unspecified atom stereocenters. The number of unbranched alkanes of at least 4 members (excludes halogenated alkanes) is 2. The number of carbonyl (C=O) groups excluding carboxylic acids is 1. The quantitative estimate of drug-likeness (QED) is 0.620. The molecule has 2 N–H and O–H groups in total. The maximum atomic E-state index is 12.1. The third-order valence-corrected chi connectivity index (χ3v) is 4.03. The monoisotopic (exact) mass is 374 g/mol. The molecule has 0 aliphatic carbocycles. The number of amides is 1. The van der Waals surface area contributed by atoms with Crippen molar-refractivity contribution in [1.82, 2.24) is 0 Å². The molecule has 0 saturated carbocycles. The van der Waals surface area contributed by atoms with Crippen molar-refractivity contribution in [3.63, 3.8) is 0 Å². The highest BCUT2D eigenvalue weighted by Gasteiger charge is 2.04. The molecule has 0 spiro atoms. The van der Waals surface area contributed by atoms with Gasteiger partial charge in [0, 0.05) is 22.4 Å². The zero-order valence-electron chi connectivity index (χ0n) is 13.4. The summed E-state index contributed by atoms with van der Waals surface area (Å²) < 4.78 is 0.987. The van der Waals surface area contributed by atoms with Gasteiger partial charge in [-0.2, -0.15) is 0 Å². The molecule has 0 aromatic heterocycles. The van der Waals surface area contributed by atoms with E-state index in [4.69, 9.17) is 0 Å². The van der Waals surface area contributed by atoms with Crippen molar-refractivity contribution >= 4 is 33.2 Å². The summed E-state index contributed by atoms with van der Waals surface area (Å²) in [6.45, 7) is 3.19. The fourth-order valence-corrected chi connectivity index (χ4v) is 2.76. The van der Waals surface area contributed by atoms with Gasteiger partial charge in [0.2, 0.25) is 5.91 Å². The second-order valence-electron chi connectivity index (χ2n) is 5.57. The third-order valence-electron chi connectivity index (χ3n) is 3.53. The number of halogens is 1. The van der Waals surface area contributed by atoms with E-state index < -0.39 is 0 Å². The van der Waals surface area contributed by atoms with Gasteiger partial charge in [0.25, 0.3) is 0 Å². The van der Waals surface area contributed by atoms with Crippen LogP contribution in [0.15, 0.2) is 53.0 Å². The fourth-order valence-electron chi connectivity index (χ4n) is 2.32. The molecule has 0 aliphatic rings. The van der Waals surface area contributed by atoms with Crippen LogP contribution < -0.4 is 10.6 Å². The Morgan fingerprint density at radius 1 is 1.04 bits per heavy atom. The predicted octanol–water partition coefficient (Wildman–Crippen LogP) is 5.23. The molecule has 0 fully saturated rings. The van der Waals surface area contributed by atoms with E-state index in [9.17, 15) is 4.79 Å². The van der Waals surface area contributed by atoms with Crippen LogP contribution in [0.2, 0.25) is 0 Å². The summed E-state index contributed by atoms with van der Waals surface area (Å²) in [5.74, 6) is -0.00763. The SMILES string of the molecule is CCCCCNc1ccc(NC(=O)Cc2cccc(Br)c2)cc1. The minimum atomic E-state index is -0.00763. The van der Waals surface area contributed by atoms with Gasteiger partial charge in [-0.15, -0.1) is 0 Å². The molecule has 0 aliphatic heterocycles. The molecule has 0 atom stereocenters. The first-order valence-corrected chi connectivity index (χ1v) is 8.85. The van der Waals surface area contributed by atoms with Gasteiger partial charge in [-0.05, 0) is 48.4 Å². The normalized spacial score (nSPS) is 10.3. The van der Waals surface area contributed by atoms with Crippen LogP contribution in [0.5, 0.6) is 0 Å². The molecule has 23 heavy (non-hydrogen) atoms. The highest BCUT2D eigenvalue weighted by Crippen LogP contribution is 2.15. The maximum Gasteiger partial charge on any atom is 0.228 e. The van der Waals surface area contributed by atoms with E-state index in [0.29, 0.717) is 6.42 Å². The summed E-state index contributed by atoms with van der Waals surface area (Å²) in [4.78, 5) is 12.1. The van der Waals surface area contributed by atoms with Crippen molar-refractivity contribution in [3.05, 3.63) is 58.6 Å². The predicted molar refractivity (Wildman–Crippen MR) is 101 cm³/mol. The molecule has 122 valence electrons. The zero-order valence-corrected chi connectivity index (χ0v) is 15.0. The number of rotatable bonds is 8. The van der Waals surface area contributed by atoms with E-state index in [1.165, 1.54) is 19.3 Å². The molecule has 4 heteroatoms. The van der Waals surface area contributed by atoms with Crippen LogP contribution in [-0.4, -0.2) is 12.5 Å². The van der Waals surface area contributed by atoms with E-state index in [1.807, 2.05) is 48.5 Å². The molecule has 0 bridgehead atoms. The second-order valence-corrected chi connectivity index (χ2v) is 6.48. The van der Waals surface area contributed by atoms with E-state index in [-0.39, 0.29) is 5.91 Å². The largest absolute Gasteiger partial charge is 0.385 e. The van der Waals surface area contributed by atoms with Crippen LogP contribution in [0, 0.1) is 0 Å². The highest BCUT2D eigenvalue weighted by atomic mass is 79.9. The molecule has 2 rings (SSSR count). The zero-order chi connectivity index (χ0) is 16.5. The lowest BCUT2D eigenvalue weighted by Gasteiger charge is -2.09. The van der Waals surface area contributed by atoms with Crippen molar-refractivity contribution in [1.29, 1.82) is 0 Å². The van der Waals surface area contributed by atoms with Gasteiger partial charge < -0.3 is 10.6 Å². The summed E-state index contributed by atoms with van der Waals surface area (Å²) >= 11 is 3.42. The number of benzene rings is 2. The molecule has 1 amide bonds. The molecule has 0 radical (unpaired) electrons. The molecular weight excluding hydrogens is 352 g/mol. The smallest absolute Gasteiger partial charge is 0.228 e. The minimum absolute atomic E-state index is 0.00763. The first-order valence-electron chi connectivity index (χ1n) is 8.05. The number of nitrogens with one attached hydrogen (secondary N) is 2. The van der Waals surface area contributed by atoms with E-state index in [1.54, 1.807) is 0 Å². The summed E-state index contributed by atoms with van der Waals surface area (Å²) in [7, 11) is 0. The Balaban J connectivity index is 1.81. The number of carbonyl (C=O) groups is 1.